The summed E-state index contributed by atoms with van der Waals surface area (Å²) >= 11 is 0. The molecular weight excluding hydrogens is 456 g/mol. The second-order valence-corrected chi connectivity index (χ2v) is 5.33. The second kappa shape index (κ2) is 6.40. The molecule has 0 spiro atoms. The summed E-state index contributed by atoms with van der Waals surface area (Å²) in [6.07, 6.45) is -4.96. The normalized spacial score (nSPS) is 16.7. The number of aliphatic hydroxyl groups excluding tert-OH is 1. The lowest BCUT2D eigenvalue weighted by Crippen LogP contribution is -2.75. The van der Waals surface area contributed by atoms with Crippen LogP contribution in [0.15, 0.2) is 0 Å². The Kier molecular flexibility index (Phi) is 6.12. The highest BCUT2D eigenvalue weighted by molar-refractivity contribution is 5.15. The summed E-state index contributed by atoms with van der Waals surface area (Å²) in [5.74, 6) is -62.7. The van der Waals surface area contributed by atoms with Crippen molar-refractivity contribution in [3.05, 3.63) is 0 Å². The number of halogens is 16. The highest BCUT2D eigenvalue weighted by atomic mass is 19.4. The summed E-state index contributed by atoms with van der Waals surface area (Å²) in [4.78, 5) is 0. The smallest absolute Gasteiger partial charge is 0.363 e. The van der Waals surface area contributed by atoms with Gasteiger partial charge in [0.2, 0.25) is 6.29 Å². The van der Waals surface area contributed by atoms with Crippen LogP contribution in [-0.2, 0) is 0 Å². The summed E-state index contributed by atoms with van der Waals surface area (Å²) in [6, 6.07) is 0. The van der Waals surface area contributed by atoms with Crippen molar-refractivity contribution in [1.82, 2.24) is 0 Å². The average Bonchev–Trinajstić information content (AvgIpc) is 2.44. The van der Waals surface area contributed by atoms with Gasteiger partial charge < -0.3 is 10.2 Å². The van der Waals surface area contributed by atoms with E-state index in [1.165, 1.54) is 0 Å². The minimum Gasteiger partial charge on any atom is -0.363 e. The predicted octanol–water partition coefficient (Wildman–Crippen LogP) is 4.40. The third-order valence-corrected chi connectivity index (χ3v) is 3.27. The van der Waals surface area contributed by atoms with Crippen LogP contribution in [0.4, 0.5) is 70.2 Å². The summed E-state index contributed by atoms with van der Waals surface area (Å²) in [7, 11) is 0. The monoisotopic (exact) mass is 462 g/mol. The van der Waals surface area contributed by atoms with Crippen LogP contribution in [0.2, 0.25) is 0 Å². The van der Waals surface area contributed by atoms with Crippen LogP contribution < -0.4 is 0 Å². The lowest BCUT2D eigenvalue weighted by Gasteiger charge is -2.43. The van der Waals surface area contributed by atoms with Crippen LogP contribution >= 0.6 is 0 Å². The minimum atomic E-state index is -8.56. The Morgan fingerprint density at radius 2 is 0.643 bits per heavy atom. The van der Waals surface area contributed by atoms with Gasteiger partial charge >= 0.3 is 47.4 Å². The highest BCUT2D eigenvalue weighted by Crippen LogP contribution is 2.63. The molecule has 0 unspecified atom stereocenters. The van der Waals surface area contributed by atoms with Crippen LogP contribution in [-0.4, -0.2) is 63.9 Å². The largest absolute Gasteiger partial charge is 0.385 e. The van der Waals surface area contributed by atoms with Crippen LogP contribution in [0, 0.1) is 0 Å². The molecule has 0 aliphatic carbocycles. The lowest BCUT2D eigenvalue weighted by molar-refractivity contribution is -0.459. The van der Waals surface area contributed by atoms with Crippen molar-refractivity contribution in [2.45, 2.75) is 60.6 Å². The zero-order chi connectivity index (χ0) is 23.6. The van der Waals surface area contributed by atoms with Gasteiger partial charge in [-0.1, -0.05) is 0 Å². The molecule has 0 aliphatic rings. The molecule has 0 bridgehead atoms. The SMILES string of the molecule is CC(F)(F)C(F)(F)C(F)(F)C(F)(F)C(F)(F)C(F)(F)C(F)(F)C(F)(F)C(O)O. The average molecular weight is 462 g/mol. The molecule has 0 saturated carbocycles. The van der Waals surface area contributed by atoms with E-state index in [0.29, 0.717) is 0 Å². The molecule has 0 radical (unpaired) electrons. The Labute approximate surface area is 142 Å². The Balaban J connectivity index is 6.72. The van der Waals surface area contributed by atoms with Gasteiger partial charge in [-0.3, -0.25) is 0 Å². The third kappa shape index (κ3) is 3.06. The third-order valence-electron chi connectivity index (χ3n) is 3.27. The molecule has 0 aromatic heterocycles. The van der Waals surface area contributed by atoms with Gasteiger partial charge in [0.25, 0.3) is 0 Å². The molecule has 18 heteroatoms. The van der Waals surface area contributed by atoms with Gasteiger partial charge in [0.1, 0.15) is 0 Å². The van der Waals surface area contributed by atoms with Crippen molar-refractivity contribution in [2.75, 3.05) is 0 Å². The first-order valence-corrected chi connectivity index (χ1v) is 6.08. The molecule has 2 nitrogen and oxygen atoms in total. The van der Waals surface area contributed by atoms with Crippen molar-refractivity contribution in [1.29, 1.82) is 0 Å². The first-order chi connectivity index (χ1) is 11.7. The van der Waals surface area contributed by atoms with Crippen molar-refractivity contribution in [3.63, 3.8) is 0 Å². The van der Waals surface area contributed by atoms with Crippen molar-refractivity contribution in [2.24, 2.45) is 0 Å². The van der Waals surface area contributed by atoms with Crippen LogP contribution in [0.3, 0.4) is 0 Å². The maximum Gasteiger partial charge on any atom is 0.385 e. The standard InChI is InChI=1S/C10H6F16O2/c1-3(11,12)5(15,16)7(19,20)9(23,24)10(25,26)8(21,22)6(17,18)4(13,14)2(27)28/h2,27-28H,1H3. The van der Waals surface area contributed by atoms with E-state index in [4.69, 9.17) is 10.2 Å². The molecule has 0 aromatic carbocycles. The summed E-state index contributed by atoms with van der Waals surface area (Å²) in [6.45, 7) is -1.25. The van der Waals surface area contributed by atoms with E-state index < -0.39 is 60.6 Å². The molecule has 0 saturated heterocycles. The molecule has 170 valence electrons. The van der Waals surface area contributed by atoms with E-state index in [0.717, 1.165) is 0 Å². The molecule has 0 aromatic rings. The zero-order valence-electron chi connectivity index (χ0n) is 12.5. The fourth-order valence-electron chi connectivity index (χ4n) is 1.44. The number of aliphatic hydroxyl groups is 2. The number of hydrogen-bond donors (Lipinski definition) is 2. The molecule has 0 amide bonds. The van der Waals surface area contributed by atoms with Gasteiger partial charge in [-0.2, -0.15) is 70.2 Å². The number of alkyl halides is 16. The Hall–Kier alpha value is -1.20. The maximum atomic E-state index is 13.1. The Morgan fingerprint density at radius 1 is 0.429 bits per heavy atom. The van der Waals surface area contributed by atoms with Crippen LogP contribution in [0.5, 0.6) is 0 Å². The first-order valence-electron chi connectivity index (χ1n) is 6.08. The van der Waals surface area contributed by atoms with Crippen molar-refractivity contribution < 1.29 is 80.5 Å². The molecule has 0 aliphatic heterocycles. The molecular formula is C10H6F16O2. The van der Waals surface area contributed by atoms with E-state index in [1.807, 2.05) is 0 Å². The van der Waals surface area contributed by atoms with Gasteiger partial charge in [0, 0.05) is 6.92 Å². The van der Waals surface area contributed by atoms with Gasteiger partial charge in [0.15, 0.2) is 0 Å². The van der Waals surface area contributed by atoms with E-state index in [2.05, 4.69) is 0 Å². The second-order valence-electron chi connectivity index (χ2n) is 5.33. The van der Waals surface area contributed by atoms with Gasteiger partial charge in [-0.05, 0) is 0 Å². The van der Waals surface area contributed by atoms with Gasteiger partial charge in [-0.25, -0.2) is 0 Å². The van der Waals surface area contributed by atoms with E-state index in [-0.39, 0.29) is 0 Å². The van der Waals surface area contributed by atoms with E-state index in [9.17, 15) is 70.2 Å². The molecule has 28 heavy (non-hydrogen) atoms. The maximum absolute atomic E-state index is 13.1. The summed E-state index contributed by atoms with van der Waals surface area (Å²) in [5.41, 5.74) is 0. The van der Waals surface area contributed by atoms with E-state index in [1.54, 1.807) is 0 Å². The number of hydrogen-bond acceptors (Lipinski definition) is 2. The fraction of sp³-hybridized carbons (Fsp3) is 1.00. The van der Waals surface area contributed by atoms with Crippen LogP contribution in [0.25, 0.3) is 0 Å². The molecule has 0 atom stereocenters. The minimum absolute atomic E-state index is 1.25. The Bertz CT molecular complexity index is 574. The quantitative estimate of drug-likeness (QED) is 0.415. The first kappa shape index (κ1) is 26.8. The summed E-state index contributed by atoms with van der Waals surface area (Å²) < 4.78 is 207. The summed E-state index contributed by atoms with van der Waals surface area (Å²) in [5, 5.41) is 15.7. The van der Waals surface area contributed by atoms with Crippen molar-refractivity contribution >= 4 is 0 Å². The molecule has 0 rings (SSSR count). The number of rotatable bonds is 8. The molecule has 0 fully saturated rings. The van der Waals surface area contributed by atoms with E-state index >= 15 is 0 Å². The van der Waals surface area contributed by atoms with Crippen molar-refractivity contribution in [3.8, 4) is 0 Å². The topological polar surface area (TPSA) is 40.5 Å². The Morgan fingerprint density at radius 3 is 0.857 bits per heavy atom. The fourth-order valence-corrected chi connectivity index (χ4v) is 1.44. The molecule has 2 N–H and O–H groups in total. The van der Waals surface area contributed by atoms with Gasteiger partial charge in [0.05, 0.1) is 0 Å². The highest BCUT2D eigenvalue weighted by Gasteiger charge is 2.94. The predicted molar refractivity (Wildman–Crippen MR) is 53.5 cm³/mol. The molecule has 0 heterocycles. The zero-order valence-corrected chi connectivity index (χ0v) is 12.5. The lowest BCUT2D eigenvalue weighted by atomic mass is 9.88. The van der Waals surface area contributed by atoms with Gasteiger partial charge in [-0.15, -0.1) is 0 Å². The van der Waals surface area contributed by atoms with Crippen LogP contribution in [0.1, 0.15) is 6.92 Å².